The Bertz CT molecular complexity index is 387. The van der Waals surface area contributed by atoms with E-state index in [0.29, 0.717) is 0 Å². The quantitative estimate of drug-likeness (QED) is 0.354. The van der Waals surface area contributed by atoms with Crippen LogP contribution in [-0.4, -0.2) is 48.8 Å². The van der Waals surface area contributed by atoms with Crippen LogP contribution in [0.4, 0.5) is 0 Å². The van der Waals surface area contributed by atoms with Gasteiger partial charge < -0.3 is 9.84 Å². The summed E-state index contributed by atoms with van der Waals surface area (Å²) in [6.07, 6.45) is -0.0143. The minimum absolute atomic E-state index is 0.0143. The maximum absolute atomic E-state index is 11.5. The Morgan fingerprint density at radius 3 is 2.22 bits per heavy atom. The highest BCUT2D eigenvalue weighted by Gasteiger charge is 2.26. The lowest BCUT2D eigenvalue weighted by Crippen LogP contribution is -2.29. The third-order valence-electron chi connectivity index (χ3n) is 2.58. The Hall–Kier alpha value is -0.990. The van der Waals surface area contributed by atoms with E-state index in [-0.39, 0.29) is 13.0 Å². The van der Waals surface area contributed by atoms with Crippen LogP contribution in [0.15, 0.2) is 0 Å². The molecular weight excluding hydrogens is 264 g/mol. The van der Waals surface area contributed by atoms with Crippen molar-refractivity contribution in [1.82, 2.24) is 0 Å². The summed E-state index contributed by atoms with van der Waals surface area (Å²) in [6, 6.07) is 0. The third kappa shape index (κ3) is 6.67. The van der Waals surface area contributed by atoms with Crippen LogP contribution >= 0.6 is 0 Å². The Kier molecular flexibility index (Phi) is 7.04. The number of ketones is 1. The van der Waals surface area contributed by atoms with Gasteiger partial charge in [-0.2, -0.15) is 8.42 Å². The molecule has 106 valence electrons. The molecule has 18 heavy (non-hydrogen) atoms. The molecule has 2 unspecified atom stereocenters. The fourth-order valence-electron chi connectivity index (χ4n) is 1.17. The van der Waals surface area contributed by atoms with Crippen molar-refractivity contribution >= 4 is 21.9 Å². The van der Waals surface area contributed by atoms with Gasteiger partial charge in [0.05, 0.1) is 18.3 Å². The first-order valence-electron chi connectivity index (χ1n) is 5.44. The molecule has 0 saturated carbocycles. The van der Waals surface area contributed by atoms with Gasteiger partial charge in [-0.05, 0) is 6.42 Å². The van der Waals surface area contributed by atoms with Gasteiger partial charge in [0.15, 0.2) is 5.78 Å². The zero-order valence-electron chi connectivity index (χ0n) is 10.3. The van der Waals surface area contributed by atoms with Gasteiger partial charge >= 0.3 is 5.97 Å². The molecule has 2 N–H and O–H groups in total. The number of esters is 1. The lowest BCUT2D eigenvalue weighted by molar-refractivity contribution is -0.152. The molecule has 0 aromatic rings. The lowest BCUT2D eigenvalue weighted by atomic mass is 9.92. The summed E-state index contributed by atoms with van der Waals surface area (Å²) in [7, 11) is -4.05. The molecule has 0 amide bonds. The van der Waals surface area contributed by atoms with E-state index in [4.69, 9.17) is 14.4 Å². The summed E-state index contributed by atoms with van der Waals surface area (Å²) in [4.78, 5) is 22.6. The maximum Gasteiger partial charge on any atom is 0.309 e. The lowest BCUT2D eigenvalue weighted by Gasteiger charge is -2.16. The predicted molar refractivity (Wildman–Crippen MR) is 62.4 cm³/mol. The number of ether oxygens (including phenoxy) is 1. The fraction of sp³-hybridized carbons (Fsp3) is 0.800. The van der Waals surface area contributed by atoms with E-state index in [1.165, 1.54) is 13.8 Å². The van der Waals surface area contributed by atoms with Crippen LogP contribution in [0.5, 0.6) is 0 Å². The zero-order chi connectivity index (χ0) is 14.3. The molecule has 7 nitrogen and oxygen atoms in total. The van der Waals surface area contributed by atoms with Crippen LogP contribution in [0.2, 0.25) is 0 Å². The van der Waals surface area contributed by atoms with Crippen LogP contribution in [0.3, 0.4) is 0 Å². The minimum Gasteiger partial charge on any atom is -0.465 e. The van der Waals surface area contributed by atoms with E-state index in [1.54, 1.807) is 0 Å². The molecule has 0 radical (unpaired) electrons. The Morgan fingerprint density at radius 1 is 1.22 bits per heavy atom. The van der Waals surface area contributed by atoms with Gasteiger partial charge in [-0.3, -0.25) is 14.1 Å². The average Bonchev–Trinajstić information content (AvgIpc) is 2.30. The number of aliphatic hydroxyl groups is 1. The first kappa shape index (κ1) is 17.0. The first-order valence-corrected chi connectivity index (χ1v) is 7.05. The Balaban J connectivity index is 4.06. The summed E-state index contributed by atoms with van der Waals surface area (Å²) in [5.41, 5.74) is 0. The summed E-state index contributed by atoms with van der Waals surface area (Å²) in [6.45, 7) is 2.20. The number of Topliss-reactive ketones (excluding diaryl/α,β-unsaturated/α-hetero) is 1. The maximum atomic E-state index is 11.5. The number of aliphatic hydroxyl groups excluding tert-OH is 1. The molecule has 0 heterocycles. The molecule has 0 saturated heterocycles. The summed E-state index contributed by atoms with van der Waals surface area (Å²) in [5, 5.41) is 8.64. The van der Waals surface area contributed by atoms with Gasteiger partial charge in [0, 0.05) is 5.92 Å². The Morgan fingerprint density at radius 2 is 1.78 bits per heavy atom. The van der Waals surface area contributed by atoms with Crippen molar-refractivity contribution in [3.05, 3.63) is 0 Å². The first-order chi connectivity index (χ1) is 8.19. The van der Waals surface area contributed by atoms with E-state index in [9.17, 15) is 18.0 Å². The molecule has 0 aliphatic rings. The zero-order valence-corrected chi connectivity index (χ0v) is 11.1. The predicted octanol–water partition coefficient (Wildman–Crippen LogP) is -0.359. The molecular formula is C10H18O7S. The van der Waals surface area contributed by atoms with E-state index in [0.717, 1.165) is 0 Å². The van der Waals surface area contributed by atoms with Gasteiger partial charge in [0.2, 0.25) is 0 Å². The second kappa shape index (κ2) is 7.45. The van der Waals surface area contributed by atoms with Crippen LogP contribution in [-0.2, 0) is 24.4 Å². The summed E-state index contributed by atoms with van der Waals surface area (Å²) < 4.78 is 34.0. The second-order valence-electron chi connectivity index (χ2n) is 4.01. The van der Waals surface area contributed by atoms with Crippen LogP contribution < -0.4 is 0 Å². The van der Waals surface area contributed by atoms with Crippen molar-refractivity contribution in [2.45, 2.75) is 20.3 Å². The summed E-state index contributed by atoms with van der Waals surface area (Å²) >= 11 is 0. The number of carbonyl (C=O) groups excluding carboxylic acids is 2. The molecule has 0 spiro atoms. The molecule has 8 heteroatoms. The topological polar surface area (TPSA) is 118 Å². The second-order valence-corrected chi connectivity index (χ2v) is 5.58. The standard InChI is InChI=1S/C10H18O7S/c1-7(9(12)6-11)8(2)10(13)17-4-3-5-18(14,15)16/h7-8,11H,3-6H2,1-2H3,(H,14,15,16). The molecule has 0 aromatic carbocycles. The summed E-state index contributed by atoms with van der Waals surface area (Å²) in [5.74, 6) is -2.96. The van der Waals surface area contributed by atoms with Crippen molar-refractivity contribution in [2.24, 2.45) is 11.8 Å². The largest absolute Gasteiger partial charge is 0.465 e. The molecule has 0 fully saturated rings. The van der Waals surface area contributed by atoms with Crippen molar-refractivity contribution < 1.29 is 32.4 Å². The number of rotatable bonds is 8. The fourth-order valence-corrected chi connectivity index (χ4v) is 1.66. The smallest absolute Gasteiger partial charge is 0.309 e. The van der Waals surface area contributed by atoms with Gasteiger partial charge in [-0.15, -0.1) is 0 Å². The van der Waals surface area contributed by atoms with E-state index >= 15 is 0 Å². The average molecular weight is 282 g/mol. The van der Waals surface area contributed by atoms with Crippen LogP contribution in [0, 0.1) is 11.8 Å². The van der Waals surface area contributed by atoms with E-state index < -0.39 is 46.1 Å². The number of hydrogen-bond donors (Lipinski definition) is 2. The third-order valence-corrected chi connectivity index (χ3v) is 3.38. The van der Waals surface area contributed by atoms with Gasteiger partial charge in [-0.1, -0.05) is 13.8 Å². The molecule has 0 aliphatic carbocycles. The van der Waals surface area contributed by atoms with Crippen LogP contribution in [0.1, 0.15) is 20.3 Å². The number of hydrogen-bond acceptors (Lipinski definition) is 6. The Labute approximate surface area is 106 Å². The van der Waals surface area contributed by atoms with E-state index in [1.807, 2.05) is 0 Å². The van der Waals surface area contributed by atoms with Gasteiger partial charge in [0.25, 0.3) is 10.1 Å². The van der Waals surface area contributed by atoms with E-state index in [2.05, 4.69) is 0 Å². The van der Waals surface area contributed by atoms with Gasteiger partial charge in [0.1, 0.15) is 6.61 Å². The molecule has 0 bridgehead atoms. The van der Waals surface area contributed by atoms with Gasteiger partial charge in [-0.25, -0.2) is 0 Å². The van der Waals surface area contributed by atoms with Crippen molar-refractivity contribution in [2.75, 3.05) is 19.0 Å². The molecule has 0 aromatic heterocycles. The normalized spacial score (nSPS) is 14.9. The molecule has 0 aliphatic heterocycles. The van der Waals surface area contributed by atoms with Crippen molar-refractivity contribution in [1.29, 1.82) is 0 Å². The van der Waals surface area contributed by atoms with Crippen LogP contribution in [0.25, 0.3) is 0 Å². The molecule has 2 atom stereocenters. The highest BCUT2D eigenvalue weighted by Crippen LogP contribution is 2.13. The van der Waals surface area contributed by atoms with Crippen molar-refractivity contribution in [3.63, 3.8) is 0 Å². The SMILES string of the molecule is CC(C(=O)CO)C(C)C(=O)OCCCS(=O)(=O)O. The number of carbonyl (C=O) groups is 2. The highest BCUT2D eigenvalue weighted by molar-refractivity contribution is 7.85. The molecule has 0 rings (SSSR count). The monoisotopic (exact) mass is 282 g/mol. The van der Waals surface area contributed by atoms with Crippen molar-refractivity contribution in [3.8, 4) is 0 Å². The highest BCUT2D eigenvalue weighted by atomic mass is 32.2. The minimum atomic E-state index is -4.05.